The second-order valence-corrected chi connectivity index (χ2v) is 10.6. The van der Waals surface area contributed by atoms with Crippen LogP contribution in [0, 0.1) is 5.82 Å². The number of rotatable bonds is 9. The van der Waals surface area contributed by atoms with E-state index in [0.717, 1.165) is 18.5 Å². The van der Waals surface area contributed by atoms with Crippen LogP contribution >= 0.6 is 0 Å². The van der Waals surface area contributed by atoms with Gasteiger partial charge in [-0.2, -0.15) is 4.98 Å². The van der Waals surface area contributed by atoms with Gasteiger partial charge in [0.25, 0.3) is 0 Å². The van der Waals surface area contributed by atoms with Crippen molar-refractivity contribution in [2.75, 3.05) is 48.8 Å². The number of nitrogens with zero attached hydrogens (tertiary/aromatic N) is 6. The van der Waals surface area contributed by atoms with Gasteiger partial charge in [0.05, 0.1) is 30.5 Å². The Bertz CT molecular complexity index is 1680. The quantitative estimate of drug-likeness (QED) is 0.246. The molecule has 11 nitrogen and oxygen atoms in total. The molecule has 2 N–H and O–H groups in total. The first-order valence-electron chi connectivity index (χ1n) is 14.4. The number of nitrogens with one attached hydrogen (secondary N) is 2. The maximum absolute atomic E-state index is 15.3. The second kappa shape index (κ2) is 12.7. The largest absolute Gasteiger partial charge is 0.495 e. The van der Waals surface area contributed by atoms with Crippen molar-refractivity contribution in [2.45, 2.75) is 31.5 Å². The van der Waals surface area contributed by atoms with Crippen LogP contribution in [-0.4, -0.2) is 76.2 Å². The van der Waals surface area contributed by atoms with Gasteiger partial charge >= 0.3 is 0 Å². The molecule has 1 amide bonds. The van der Waals surface area contributed by atoms with Crippen LogP contribution in [-0.2, 0) is 4.79 Å². The number of likely N-dealkylation sites (tertiary alicyclic amines) is 1. The van der Waals surface area contributed by atoms with Gasteiger partial charge in [-0.1, -0.05) is 6.58 Å². The Balaban J connectivity index is 1.18. The molecule has 2 aliphatic rings. The van der Waals surface area contributed by atoms with E-state index in [2.05, 4.69) is 37.1 Å². The number of piperidine rings is 1. The van der Waals surface area contributed by atoms with Gasteiger partial charge < -0.3 is 29.9 Å². The molecule has 0 radical (unpaired) electrons. The zero-order valence-corrected chi connectivity index (χ0v) is 24.2. The molecule has 0 unspecified atom stereocenters. The summed E-state index contributed by atoms with van der Waals surface area (Å²) < 4.78 is 40.3. The van der Waals surface area contributed by atoms with E-state index in [1.807, 2.05) is 6.07 Å². The van der Waals surface area contributed by atoms with Crippen molar-refractivity contribution in [2.24, 2.45) is 0 Å². The van der Waals surface area contributed by atoms with E-state index < -0.39 is 12.0 Å². The molecule has 0 saturated carbocycles. The molecule has 1 atom stereocenters. The van der Waals surface area contributed by atoms with E-state index in [9.17, 15) is 9.18 Å². The summed E-state index contributed by atoms with van der Waals surface area (Å²) in [5.74, 6) is 1.24. The summed E-state index contributed by atoms with van der Waals surface area (Å²) in [7, 11) is 1.59. The molecule has 2 fully saturated rings. The molecule has 4 heterocycles. The highest BCUT2D eigenvalue weighted by atomic mass is 19.1. The van der Waals surface area contributed by atoms with Crippen LogP contribution in [0.3, 0.4) is 0 Å². The highest BCUT2D eigenvalue weighted by molar-refractivity contribution is 5.95. The highest BCUT2D eigenvalue weighted by Crippen LogP contribution is 2.35. The first kappa shape index (κ1) is 29.0. The Labute approximate surface area is 252 Å². The summed E-state index contributed by atoms with van der Waals surface area (Å²) in [6.07, 6.45) is 5.32. The SMILES string of the molecule is C=CC(=O)N1CCC(Nc2cc3c(Nc4ccc(Oc5ccnc(N6CC[C@@H](F)C6)n5)cc4F)ncnc3cc2OC)CC1. The predicted octanol–water partition coefficient (Wildman–Crippen LogP) is 5.24. The molecule has 2 saturated heterocycles. The van der Waals surface area contributed by atoms with Crippen molar-refractivity contribution in [3.8, 4) is 17.4 Å². The van der Waals surface area contributed by atoms with E-state index in [-0.39, 0.29) is 35.8 Å². The van der Waals surface area contributed by atoms with Crippen LogP contribution in [0.4, 0.5) is 31.9 Å². The molecule has 6 rings (SSSR count). The van der Waals surface area contributed by atoms with E-state index >= 15 is 4.39 Å². The number of benzene rings is 2. The summed E-state index contributed by atoms with van der Waals surface area (Å²) in [4.78, 5) is 32.8. The molecule has 0 aliphatic carbocycles. The fourth-order valence-corrected chi connectivity index (χ4v) is 5.41. The van der Waals surface area contributed by atoms with E-state index in [4.69, 9.17) is 9.47 Å². The van der Waals surface area contributed by atoms with Crippen LogP contribution in [0.1, 0.15) is 19.3 Å². The standard InChI is InChI=1S/C31H32F2N8O3/c1-3-29(42)40-12-8-20(9-13-40)37-26-15-22-25(16-27(26)43-2)35-18-36-30(22)38-24-5-4-21(14-23(24)33)44-28-6-10-34-31(39-28)41-11-7-19(32)17-41/h3-6,10,14-16,18-20,37H,1,7-9,11-13,17H2,2H3,(H,35,36,38)/t19-/m1/s1. The third kappa shape index (κ3) is 6.31. The third-order valence-corrected chi connectivity index (χ3v) is 7.74. The van der Waals surface area contributed by atoms with E-state index in [1.54, 1.807) is 41.2 Å². The van der Waals surface area contributed by atoms with Gasteiger partial charge in [-0.25, -0.2) is 23.7 Å². The van der Waals surface area contributed by atoms with Crippen molar-refractivity contribution in [1.82, 2.24) is 24.8 Å². The average molecular weight is 603 g/mol. The first-order valence-corrected chi connectivity index (χ1v) is 14.4. The van der Waals surface area contributed by atoms with Crippen LogP contribution in [0.2, 0.25) is 0 Å². The number of amides is 1. The summed E-state index contributed by atoms with van der Waals surface area (Å²) in [5.41, 5.74) is 1.56. The Hall–Kier alpha value is -5.07. The summed E-state index contributed by atoms with van der Waals surface area (Å²) in [6.45, 7) is 5.59. The van der Waals surface area contributed by atoms with Gasteiger partial charge in [-0.15, -0.1) is 0 Å². The predicted molar refractivity (Wildman–Crippen MR) is 163 cm³/mol. The summed E-state index contributed by atoms with van der Waals surface area (Å²) in [5, 5.41) is 7.28. The number of methoxy groups -OCH3 is 1. The Morgan fingerprint density at radius 3 is 2.64 bits per heavy atom. The summed E-state index contributed by atoms with van der Waals surface area (Å²) >= 11 is 0. The van der Waals surface area contributed by atoms with Gasteiger partial charge in [-0.05, 0) is 43.5 Å². The van der Waals surface area contributed by atoms with Crippen molar-refractivity contribution >= 4 is 40.0 Å². The van der Waals surface area contributed by atoms with Crippen LogP contribution in [0.5, 0.6) is 17.4 Å². The zero-order valence-electron chi connectivity index (χ0n) is 24.2. The number of aromatic nitrogens is 4. The number of halogens is 2. The molecule has 2 aliphatic heterocycles. The van der Waals surface area contributed by atoms with Gasteiger partial charge in [0, 0.05) is 55.5 Å². The minimum absolute atomic E-state index is 0.0652. The van der Waals surface area contributed by atoms with Crippen LogP contribution < -0.4 is 25.0 Å². The van der Waals surface area contributed by atoms with Crippen molar-refractivity contribution in [3.63, 3.8) is 0 Å². The average Bonchev–Trinajstić information content (AvgIpc) is 3.48. The number of carbonyl (C=O) groups excluding carboxylic acids is 1. The number of alkyl halides is 1. The van der Waals surface area contributed by atoms with E-state index in [0.29, 0.717) is 54.5 Å². The minimum Gasteiger partial charge on any atom is -0.495 e. The number of carbonyl (C=O) groups is 1. The van der Waals surface area contributed by atoms with Crippen LogP contribution in [0.25, 0.3) is 10.9 Å². The van der Waals surface area contributed by atoms with Crippen LogP contribution in [0.15, 0.2) is 61.6 Å². The number of ether oxygens (including phenoxy) is 2. The molecule has 0 bridgehead atoms. The molecular weight excluding hydrogens is 570 g/mol. The van der Waals surface area contributed by atoms with Gasteiger partial charge in [0.2, 0.25) is 17.7 Å². The molecule has 44 heavy (non-hydrogen) atoms. The monoisotopic (exact) mass is 602 g/mol. The zero-order chi connectivity index (χ0) is 30.6. The molecule has 13 heteroatoms. The fraction of sp³-hybridized carbons (Fsp3) is 0.323. The molecular formula is C31H32F2N8O3. The molecule has 2 aromatic heterocycles. The Kier molecular flexibility index (Phi) is 8.35. The Morgan fingerprint density at radius 1 is 1.07 bits per heavy atom. The molecule has 0 spiro atoms. The van der Waals surface area contributed by atoms with Gasteiger partial charge in [-0.3, -0.25) is 4.79 Å². The number of hydrogen-bond acceptors (Lipinski definition) is 10. The van der Waals surface area contributed by atoms with Gasteiger partial charge in [0.1, 0.15) is 35.6 Å². The number of hydrogen-bond donors (Lipinski definition) is 2. The summed E-state index contributed by atoms with van der Waals surface area (Å²) in [6, 6.07) is 9.79. The molecule has 4 aromatic rings. The smallest absolute Gasteiger partial charge is 0.245 e. The molecule has 2 aromatic carbocycles. The maximum Gasteiger partial charge on any atom is 0.245 e. The normalized spacial score (nSPS) is 17.0. The molecule has 228 valence electrons. The number of anilines is 4. The second-order valence-electron chi connectivity index (χ2n) is 10.6. The maximum atomic E-state index is 15.3. The van der Waals surface area contributed by atoms with Crippen molar-refractivity contribution in [3.05, 3.63) is 67.4 Å². The fourth-order valence-electron chi connectivity index (χ4n) is 5.41. The van der Waals surface area contributed by atoms with Crippen molar-refractivity contribution < 1.29 is 23.0 Å². The third-order valence-electron chi connectivity index (χ3n) is 7.74. The lowest BCUT2D eigenvalue weighted by molar-refractivity contribution is -0.126. The lowest BCUT2D eigenvalue weighted by Crippen LogP contribution is -2.41. The van der Waals surface area contributed by atoms with Gasteiger partial charge in [0.15, 0.2) is 0 Å². The topological polar surface area (TPSA) is 118 Å². The lowest BCUT2D eigenvalue weighted by Gasteiger charge is -2.32. The number of fused-ring (bicyclic) bond motifs is 1. The highest BCUT2D eigenvalue weighted by Gasteiger charge is 2.25. The Morgan fingerprint density at radius 2 is 1.91 bits per heavy atom. The lowest BCUT2D eigenvalue weighted by atomic mass is 10.0. The first-order chi connectivity index (χ1) is 21.4. The van der Waals surface area contributed by atoms with Crippen molar-refractivity contribution in [1.29, 1.82) is 0 Å². The van der Waals surface area contributed by atoms with E-state index in [1.165, 1.54) is 24.7 Å². The minimum atomic E-state index is -0.909.